The number of Topliss-reactive ketones (excluding diaryl/α,β-unsaturated/α-hetero) is 1. The second-order valence-electron chi connectivity index (χ2n) is 4.96. The Labute approximate surface area is 123 Å². The quantitative estimate of drug-likeness (QED) is 0.589. The van der Waals surface area contributed by atoms with E-state index in [1.165, 1.54) is 6.07 Å². The van der Waals surface area contributed by atoms with Crippen molar-refractivity contribution in [2.45, 2.75) is 12.8 Å². The van der Waals surface area contributed by atoms with Crippen molar-refractivity contribution in [2.24, 2.45) is 5.92 Å². The highest BCUT2D eigenvalue weighted by atomic mass is 79.9. The van der Waals surface area contributed by atoms with Gasteiger partial charge in [-0.3, -0.25) is 4.79 Å². The largest absolute Gasteiger partial charge is 0.294 e. The van der Waals surface area contributed by atoms with E-state index in [0.717, 1.165) is 17.2 Å². The molecule has 102 valence electrons. The van der Waals surface area contributed by atoms with E-state index in [0.29, 0.717) is 12.8 Å². The molecular formula is C16H11BrF2O. The summed E-state index contributed by atoms with van der Waals surface area (Å²) in [5.41, 5.74) is 1.74. The molecule has 20 heavy (non-hydrogen) atoms. The average molecular weight is 337 g/mol. The van der Waals surface area contributed by atoms with E-state index in [1.54, 1.807) is 0 Å². The Kier molecular flexibility index (Phi) is 3.42. The van der Waals surface area contributed by atoms with Crippen LogP contribution in [0.5, 0.6) is 0 Å². The first-order chi connectivity index (χ1) is 9.58. The molecule has 0 bridgehead atoms. The molecule has 0 aliphatic heterocycles. The van der Waals surface area contributed by atoms with Gasteiger partial charge in [-0.25, -0.2) is 8.78 Å². The summed E-state index contributed by atoms with van der Waals surface area (Å²) in [5, 5.41) is 0. The zero-order valence-corrected chi connectivity index (χ0v) is 12.1. The molecule has 3 rings (SSSR count). The fourth-order valence-corrected chi connectivity index (χ4v) is 3.03. The van der Waals surface area contributed by atoms with Crippen LogP contribution in [0.4, 0.5) is 8.78 Å². The molecule has 0 N–H and O–H groups in total. The van der Waals surface area contributed by atoms with Crippen LogP contribution in [0, 0.1) is 17.6 Å². The predicted molar refractivity (Wildman–Crippen MR) is 75.7 cm³/mol. The van der Waals surface area contributed by atoms with E-state index in [2.05, 4.69) is 15.9 Å². The molecule has 0 atom stereocenters. The molecule has 4 heteroatoms. The van der Waals surface area contributed by atoms with Gasteiger partial charge in [0.25, 0.3) is 0 Å². The van der Waals surface area contributed by atoms with Crippen LogP contribution < -0.4 is 0 Å². The highest BCUT2D eigenvalue weighted by molar-refractivity contribution is 9.10. The van der Waals surface area contributed by atoms with Gasteiger partial charge in [0, 0.05) is 5.92 Å². The van der Waals surface area contributed by atoms with Crippen LogP contribution in [-0.2, 0) is 12.8 Å². The highest BCUT2D eigenvalue weighted by Gasteiger charge is 2.31. The van der Waals surface area contributed by atoms with Gasteiger partial charge in [-0.1, -0.05) is 24.3 Å². The number of carbonyl (C=O) groups excluding carboxylic acids is 1. The van der Waals surface area contributed by atoms with Crippen molar-refractivity contribution in [3.05, 3.63) is 69.2 Å². The first-order valence-electron chi connectivity index (χ1n) is 6.32. The summed E-state index contributed by atoms with van der Waals surface area (Å²) in [6.07, 6.45) is 1.08. The topological polar surface area (TPSA) is 17.1 Å². The molecule has 1 aliphatic carbocycles. The maximum absolute atomic E-state index is 14.0. The highest BCUT2D eigenvalue weighted by Crippen LogP contribution is 2.31. The lowest BCUT2D eigenvalue weighted by atomic mass is 9.94. The zero-order chi connectivity index (χ0) is 14.3. The second-order valence-corrected chi connectivity index (χ2v) is 5.81. The van der Waals surface area contributed by atoms with Crippen LogP contribution in [0.1, 0.15) is 21.5 Å². The molecule has 0 saturated carbocycles. The van der Waals surface area contributed by atoms with Gasteiger partial charge in [0.2, 0.25) is 0 Å². The van der Waals surface area contributed by atoms with E-state index in [9.17, 15) is 13.6 Å². The fraction of sp³-hybridized carbons (Fsp3) is 0.188. The minimum Gasteiger partial charge on any atom is -0.294 e. The van der Waals surface area contributed by atoms with Crippen molar-refractivity contribution in [3.8, 4) is 0 Å². The number of hydrogen-bond acceptors (Lipinski definition) is 1. The van der Waals surface area contributed by atoms with E-state index in [4.69, 9.17) is 0 Å². The molecule has 0 saturated heterocycles. The zero-order valence-electron chi connectivity index (χ0n) is 10.5. The van der Waals surface area contributed by atoms with Gasteiger partial charge in [-0.2, -0.15) is 0 Å². The smallest absolute Gasteiger partial charge is 0.172 e. The molecule has 0 heterocycles. The summed E-state index contributed by atoms with van der Waals surface area (Å²) >= 11 is 2.99. The van der Waals surface area contributed by atoms with Crippen molar-refractivity contribution in [1.82, 2.24) is 0 Å². The van der Waals surface area contributed by atoms with Crippen molar-refractivity contribution < 1.29 is 13.6 Å². The van der Waals surface area contributed by atoms with Crippen molar-refractivity contribution in [3.63, 3.8) is 0 Å². The average Bonchev–Trinajstić information content (AvgIpc) is 2.87. The fourth-order valence-electron chi connectivity index (χ4n) is 2.70. The van der Waals surface area contributed by atoms with Crippen LogP contribution in [-0.4, -0.2) is 5.78 Å². The summed E-state index contributed by atoms with van der Waals surface area (Å²) in [7, 11) is 0. The molecular weight excluding hydrogens is 326 g/mol. The minimum atomic E-state index is -0.814. The van der Waals surface area contributed by atoms with Crippen LogP contribution in [0.2, 0.25) is 0 Å². The van der Waals surface area contributed by atoms with E-state index >= 15 is 0 Å². The lowest BCUT2D eigenvalue weighted by molar-refractivity contribution is 0.0916. The number of hydrogen-bond donors (Lipinski definition) is 0. The number of rotatable bonds is 2. The van der Waals surface area contributed by atoms with Gasteiger partial charge in [-0.05, 0) is 52.0 Å². The molecule has 0 fully saturated rings. The predicted octanol–water partition coefficient (Wildman–Crippen LogP) is 4.33. The maximum atomic E-state index is 14.0. The SMILES string of the molecule is O=C(c1c(F)ccc(Br)c1F)C1Cc2ccccc2C1. The van der Waals surface area contributed by atoms with Crippen LogP contribution in [0.3, 0.4) is 0 Å². The molecule has 0 radical (unpaired) electrons. The molecule has 0 aromatic heterocycles. The second kappa shape index (κ2) is 5.09. The van der Waals surface area contributed by atoms with Gasteiger partial charge in [0.15, 0.2) is 11.6 Å². The van der Waals surface area contributed by atoms with Gasteiger partial charge in [-0.15, -0.1) is 0 Å². The van der Waals surface area contributed by atoms with Gasteiger partial charge in [0.1, 0.15) is 5.82 Å². The molecule has 2 aromatic rings. The third-order valence-electron chi connectivity index (χ3n) is 3.71. The van der Waals surface area contributed by atoms with Gasteiger partial charge in [0.05, 0.1) is 10.0 Å². The lowest BCUT2D eigenvalue weighted by Crippen LogP contribution is -2.18. The van der Waals surface area contributed by atoms with E-state index in [-0.39, 0.29) is 10.4 Å². The van der Waals surface area contributed by atoms with Crippen LogP contribution in [0.25, 0.3) is 0 Å². The Morgan fingerprint density at radius 1 is 1.05 bits per heavy atom. The van der Waals surface area contributed by atoms with Gasteiger partial charge >= 0.3 is 0 Å². The number of fused-ring (bicyclic) bond motifs is 1. The normalized spacial score (nSPS) is 14.3. The molecule has 1 nitrogen and oxygen atoms in total. The summed E-state index contributed by atoms with van der Waals surface area (Å²) in [5.74, 6) is -2.46. The number of carbonyl (C=O) groups is 1. The Morgan fingerprint density at radius 2 is 1.65 bits per heavy atom. The Balaban J connectivity index is 1.95. The summed E-state index contributed by atoms with van der Waals surface area (Å²) in [6, 6.07) is 10.1. The van der Waals surface area contributed by atoms with Crippen LogP contribution in [0.15, 0.2) is 40.9 Å². The Bertz CT molecular complexity index is 672. The van der Waals surface area contributed by atoms with Crippen molar-refractivity contribution in [2.75, 3.05) is 0 Å². The number of benzene rings is 2. The molecule has 0 spiro atoms. The Hall–Kier alpha value is -1.55. The first kappa shape index (κ1) is 13.4. The van der Waals surface area contributed by atoms with Gasteiger partial charge < -0.3 is 0 Å². The molecule has 1 aliphatic rings. The summed E-state index contributed by atoms with van der Waals surface area (Å²) < 4.78 is 27.9. The molecule has 0 amide bonds. The maximum Gasteiger partial charge on any atom is 0.172 e. The lowest BCUT2D eigenvalue weighted by Gasteiger charge is -2.10. The first-order valence-corrected chi connectivity index (χ1v) is 7.11. The number of ketones is 1. The number of halogens is 3. The van der Waals surface area contributed by atoms with E-state index < -0.39 is 23.0 Å². The molecule has 2 aromatic carbocycles. The van der Waals surface area contributed by atoms with E-state index in [1.807, 2.05) is 24.3 Å². The van der Waals surface area contributed by atoms with Crippen molar-refractivity contribution in [1.29, 1.82) is 0 Å². The third kappa shape index (κ3) is 2.18. The standard InChI is InChI=1S/C16H11BrF2O/c17-12-5-6-13(18)14(15(12)19)16(20)11-7-9-3-1-2-4-10(9)8-11/h1-6,11H,7-8H2. The molecule has 0 unspecified atom stereocenters. The monoisotopic (exact) mass is 336 g/mol. The summed E-state index contributed by atoms with van der Waals surface area (Å²) in [6.45, 7) is 0. The minimum absolute atomic E-state index is 0.109. The van der Waals surface area contributed by atoms with Crippen LogP contribution >= 0.6 is 15.9 Å². The Morgan fingerprint density at radius 3 is 2.25 bits per heavy atom. The summed E-state index contributed by atoms with van der Waals surface area (Å²) in [4.78, 5) is 12.4. The third-order valence-corrected chi connectivity index (χ3v) is 4.32. The van der Waals surface area contributed by atoms with Crippen molar-refractivity contribution >= 4 is 21.7 Å².